The summed E-state index contributed by atoms with van der Waals surface area (Å²) in [6.07, 6.45) is 0. The van der Waals surface area contributed by atoms with Crippen LogP contribution in [-0.2, 0) is 10.0 Å². The minimum absolute atomic E-state index is 0.102. The maximum Gasteiger partial charge on any atom is 0.269 e. The van der Waals surface area contributed by atoms with Crippen LogP contribution in [0.5, 0.6) is 0 Å². The Morgan fingerprint density at radius 2 is 1.77 bits per heavy atom. The zero-order valence-electron chi connectivity index (χ0n) is 11.1. The standard InChI is InChI=1S/C13H11N3O5S/c14-22(20,21)12-3-1-2-9(8-12)13(17)15-10-4-6-11(7-5-10)16(18)19/h1-8H,(H,15,17)(H2,14,20,21). The van der Waals surface area contributed by atoms with E-state index >= 15 is 0 Å². The Morgan fingerprint density at radius 1 is 1.14 bits per heavy atom. The number of nitro groups is 1. The molecule has 0 aliphatic rings. The van der Waals surface area contributed by atoms with Crippen molar-refractivity contribution >= 4 is 27.3 Å². The van der Waals surface area contributed by atoms with E-state index in [0.717, 1.165) is 6.07 Å². The molecule has 1 amide bonds. The molecule has 0 atom stereocenters. The molecule has 2 rings (SSSR count). The van der Waals surface area contributed by atoms with Crippen molar-refractivity contribution in [1.82, 2.24) is 0 Å². The van der Waals surface area contributed by atoms with E-state index in [-0.39, 0.29) is 16.1 Å². The highest BCUT2D eigenvalue weighted by Gasteiger charge is 2.12. The molecule has 2 aromatic carbocycles. The second kappa shape index (κ2) is 5.92. The SMILES string of the molecule is NS(=O)(=O)c1cccc(C(=O)Nc2ccc([N+](=O)[O-])cc2)c1. The Morgan fingerprint density at radius 3 is 2.32 bits per heavy atom. The van der Waals surface area contributed by atoms with E-state index in [1.54, 1.807) is 0 Å². The molecule has 22 heavy (non-hydrogen) atoms. The molecule has 114 valence electrons. The summed E-state index contributed by atoms with van der Waals surface area (Å²) in [6.45, 7) is 0. The second-order valence-corrected chi connectivity index (χ2v) is 5.89. The molecule has 0 bridgehead atoms. The molecular formula is C13H11N3O5S. The van der Waals surface area contributed by atoms with Gasteiger partial charge in [-0.05, 0) is 30.3 Å². The molecule has 0 radical (unpaired) electrons. The normalized spacial score (nSPS) is 11.0. The molecule has 0 aliphatic heterocycles. The lowest BCUT2D eigenvalue weighted by Gasteiger charge is -2.06. The van der Waals surface area contributed by atoms with Crippen molar-refractivity contribution in [3.8, 4) is 0 Å². The Kier molecular flexibility index (Phi) is 4.20. The first-order valence-corrected chi connectivity index (χ1v) is 7.51. The molecule has 0 heterocycles. The largest absolute Gasteiger partial charge is 0.322 e. The van der Waals surface area contributed by atoms with E-state index in [1.807, 2.05) is 0 Å². The zero-order valence-corrected chi connectivity index (χ0v) is 11.9. The molecule has 0 fully saturated rings. The van der Waals surface area contributed by atoms with Crippen LogP contribution in [0, 0.1) is 10.1 Å². The topological polar surface area (TPSA) is 132 Å². The summed E-state index contributed by atoms with van der Waals surface area (Å²) in [7, 11) is -3.90. The number of nitrogens with two attached hydrogens (primary N) is 1. The smallest absolute Gasteiger partial charge is 0.269 e. The fourth-order valence-corrected chi connectivity index (χ4v) is 2.24. The van der Waals surface area contributed by atoms with Crippen molar-refractivity contribution in [3.63, 3.8) is 0 Å². The quantitative estimate of drug-likeness (QED) is 0.650. The number of primary sulfonamides is 1. The monoisotopic (exact) mass is 321 g/mol. The highest BCUT2D eigenvalue weighted by Crippen LogP contribution is 2.17. The Balaban J connectivity index is 2.20. The molecule has 0 saturated carbocycles. The minimum Gasteiger partial charge on any atom is -0.322 e. The molecule has 9 heteroatoms. The van der Waals surface area contributed by atoms with E-state index in [0.29, 0.717) is 5.69 Å². The van der Waals surface area contributed by atoms with Crippen molar-refractivity contribution in [3.05, 3.63) is 64.2 Å². The molecule has 8 nitrogen and oxygen atoms in total. The Labute approximate surface area is 125 Å². The third kappa shape index (κ3) is 3.65. The number of carbonyl (C=O) groups is 1. The van der Waals surface area contributed by atoms with Crippen LogP contribution in [0.2, 0.25) is 0 Å². The number of nitrogens with zero attached hydrogens (tertiary/aromatic N) is 1. The summed E-state index contributed by atoms with van der Waals surface area (Å²) in [5, 5.41) is 18.0. The molecule has 3 N–H and O–H groups in total. The maximum absolute atomic E-state index is 12.0. The molecular weight excluding hydrogens is 310 g/mol. The van der Waals surface area contributed by atoms with Gasteiger partial charge in [-0.15, -0.1) is 0 Å². The van der Waals surface area contributed by atoms with Gasteiger partial charge in [0.2, 0.25) is 10.0 Å². The molecule has 0 aromatic heterocycles. The van der Waals surface area contributed by atoms with E-state index in [4.69, 9.17) is 5.14 Å². The van der Waals surface area contributed by atoms with Crippen LogP contribution >= 0.6 is 0 Å². The van der Waals surface area contributed by atoms with Gasteiger partial charge in [-0.25, -0.2) is 13.6 Å². The Bertz CT molecular complexity index is 831. The molecule has 0 spiro atoms. The number of hydrogen-bond acceptors (Lipinski definition) is 5. The van der Waals surface area contributed by atoms with E-state index in [2.05, 4.69) is 5.32 Å². The summed E-state index contributed by atoms with van der Waals surface area (Å²) in [6, 6.07) is 10.5. The first-order chi connectivity index (χ1) is 10.3. The fraction of sp³-hybridized carbons (Fsp3) is 0. The number of rotatable bonds is 4. The lowest BCUT2D eigenvalue weighted by Crippen LogP contribution is -2.15. The number of hydrogen-bond donors (Lipinski definition) is 2. The van der Waals surface area contributed by atoms with Crippen LogP contribution in [0.4, 0.5) is 11.4 Å². The van der Waals surface area contributed by atoms with Crippen LogP contribution in [-0.4, -0.2) is 19.2 Å². The van der Waals surface area contributed by atoms with Crippen molar-refractivity contribution < 1.29 is 18.1 Å². The second-order valence-electron chi connectivity index (χ2n) is 4.33. The number of amides is 1. The van der Waals surface area contributed by atoms with Gasteiger partial charge in [0, 0.05) is 23.4 Å². The van der Waals surface area contributed by atoms with Gasteiger partial charge in [-0.1, -0.05) is 6.07 Å². The number of nitro benzene ring substituents is 1. The molecule has 0 aliphatic carbocycles. The minimum atomic E-state index is -3.90. The lowest BCUT2D eigenvalue weighted by atomic mass is 10.2. The maximum atomic E-state index is 12.0. The number of non-ortho nitro benzene ring substituents is 1. The summed E-state index contributed by atoms with van der Waals surface area (Å²) < 4.78 is 22.5. The van der Waals surface area contributed by atoms with Crippen LogP contribution in [0.1, 0.15) is 10.4 Å². The first-order valence-electron chi connectivity index (χ1n) is 5.96. The zero-order chi connectivity index (χ0) is 16.3. The van der Waals surface area contributed by atoms with Gasteiger partial charge in [0.05, 0.1) is 9.82 Å². The van der Waals surface area contributed by atoms with Crippen molar-refractivity contribution in [1.29, 1.82) is 0 Å². The van der Waals surface area contributed by atoms with Gasteiger partial charge in [0.1, 0.15) is 0 Å². The molecule has 2 aromatic rings. The van der Waals surface area contributed by atoms with Gasteiger partial charge in [-0.2, -0.15) is 0 Å². The van der Waals surface area contributed by atoms with E-state index < -0.39 is 20.9 Å². The van der Waals surface area contributed by atoms with Crippen molar-refractivity contribution in [2.24, 2.45) is 5.14 Å². The van der Waals surface area contributed by atoms with Crippen LogP contribution in [0.25, 0.3) is 0 Å². The van der Waals surface area contributed by atoms with Gasteiger partial charge < -0.3 is 5.32 Å². The molecule has 0 saturated heterocycles. The molecule has 0 unspecified atom stereocenters. The van der Waals surface area contributed by atoms with Gasteiger partial charge in [0.25, 0.3) is 11.6 Å². The van der Waals surface area contributed by atoms with Gasteiger partial charge >= 0.3 is 0 Å². The number of anilines is 1. The van der Waals surface area contributed by atoms with Gasteiger partial charge in [-0.3, -0.25) is 14.9 Å². The summed E-state index contributed by atoms with van der Waals surface area (Å²) in [5.41, 5.74) is 0.343. The number of nitrogens with one attached hydrogen (secondary N) is 1. The highest BCUT2D eigenvalue weighted by atomic mass is 32.2. The van der Waals surface area contributed by atoms with Crippen molar-refractivity contribution in [2.45, 2.75) is 4.90 Å². The van der Waals surface area contributed by atoms with Crippen LogP contribution in [0.15, 0.2) is 53.4 Å². The summed E-state index contributed by atoms with van der Waals surface area (Å²) >= 11 is 0. The predicted octanol–water partition coefficient (Wildman–Crippen LogP) is 1.49. The van der Waals surface area contributed by atoms with Crippen molar-refractivity contribution in [2.75, 3.05) is 5.32 Å². The average molecular weight is 321 g/mol. The fourth-order valence-electron chi connectivity index (χ4n) is 1.68. The third-order valence-electron chi connectivity index (χ3n) is 2.76. The number of carbonyl (C=O) groups excluding carboxylic acids is 1. The Hall–Kier alpha value is -2.78. The number of sulfonamides is 1. The van der Waals surface area contributed by atoms with E-state index in [1.165, 1.54) is 42.5 Å². The van der Waals surface area contributed by atoms with Crippen LogP contribution < -0.4 is 10.5 Å². The average Bonchev–Trinajstić information content (AvgIpc) is 2.47. The van der Waals surface area contributed by atoms with Crippen LogP contribution in [0.3, 0.4) is 0 Å². The summed E-state index contributed by atoms with van der Waals surface area (Å²) in [4.78, 5) is 21.8. The summed E-state index contributed by atoms with van der Waals surface area (Å²) in [5.74, 6) is -0.556. The highest BCUT2D eigenvalue weighted by molar-refractivity contribution is 7.89. The van der Waals surface area contributed by atoms with Gasteiger partial charge in [0.15, 0.2) is 0 Å². The van der Waals surface area contributed by atoms with E-state index in [9.17, 15) is 23.3 Å². The third-order valence-corrected chi connectivity index (χ3v) is 3.67. The predicted molar refractivity (Wildman–Crippen MR) is 78.9 cm³/mol. The number of benzene rings is 2. The lowest BCUT2D eigenvalue weighted by molar-refractivity contribution is -0.384. The first kappa shape index (κ1) is 15.6.